The maximum atomic E-state index is 5.33. The van der Waals surface area contributed by atoms with Gasteiger partial charge in [-0.05, 0) is 56.0 Å². The molecule has 0 spiro atoms. The van der Waals surface area contributed by atoms with Crippen molar-refractivity contribution in [3.8, 4) is 5.75 Å². The molecular formula is C18H29NOS. The monoisotopic (exact) mass is 307 g/mol. The molecule has 3 heteroatoms. The number of nitrogens with one attached hydrogen (secondary N) is 1. The van der Waals surface area contributed by atoms with Crippen molar-refractivity contribution in [2.45, 2.75) is 57.2 Å². The van der Waals surface area contributed by atoms with Crippen LogP contribution in [0.5, 0.6) is 5.75 Å². The third-order valence-electron chi connectivity index (χ3n) is 4.29. The Balaban J connectivity index is 2.03. The second-order valence-electron chi connectivity index (χ2n) is 5.97. The molecule has 0 amide bonds. The molecule has 0 saturated heterocycles. The first-order chi connectivity index (χ1) is 10.2. The molecule has 1 atom stereocenters. The number of benzene rings is 1. The van der Waals surface area contributed by atoms with Crippen LogP contribution in [0, 0.1) is 6.92 Å². The Hall–Kier alpha value is -0.670. The maximum absolute atomic E-state index is 5.33. The predicted octanol–water partition coefficient (Wildman–Crippen LogP) is 4.72. The average Bonchev–Trinajstić information content (AvgIpc) is 3.01. The molecule has 21 heavy (non-hydrogen) atoms. The highest BCUT2D eigenvalue weighted by molar-refractivity contribution is 7.99. The minimum absolute atomic E-state index is 0.460. The van der Waals surface area contributed by atoms with E-state index in [2.05, 4.69) is 49.1 Å². The fraction of sp³-hybridized carbons (Fsp3) is 0.667. The number of aryl methyl sites for hydroxylation is 1. The van der Waals surface area contributed by atoms with Gasteiger partial charge in [0, 0.05) is 17.0 Å². The van der Waals surface area contributed by atoms with E-state index >= 15 is 0 Å². The predicted molar refractivity (Wildman–Crippen MR) is 93.5 cm³/mol. The molecule has 0 aromatic heterocycles. The standard InChI is InChI=1S/C18H29NOS/c1-4-11-19-18(13-21-16-7-5-6-8-16)17-10-9-15(20-3)12-14(17)2/h9-10,12,16,18-19H,4-8,11,13H2,1-3H3. The van der Waals surface area contributed by atoms with Crippen LogP contribution < -0.4 is 10.1 Å². The molecule has 0 bridgehead atoms. The van der Waals surface area contributed by atoms with E-state index in [-0.39, 0.29) is 0 Å². The van der Waals surface area contributed by atoms with Crippen molar-refractivity contribution in [1.29, 1.82) is 0 Å². The van der Waals surface area contributed by atoms with Crippen LogP contribution >= 0.6 is 11.8 Å². The maximum Gasteiger partial charge on any atom is 0.119 e. The van der Waals surface area contributed by atoms with Crippen molar-refractivity contribution in [2.75, 3.05) is 19.4 Å². The zero-order valence-electron chi connectivity index (χ0n) is 13.7. The Bertz CT molecular complexity index is 429. The molecule has 1 fully saturated rings. The summed E-state index contributed by atoms with van der Waals surface area (Å²) < 4.78 is 5.33. The molecular weight excluding hydrogens is 278 g/mol. The minimum Gasteiger partial charge on any atom is -0.497 e. The second-order valence-corrected chi connectivity index (χ2v) is 7.30. The van der Waals surface area contributed by atoms with Crippen molar-refractivity contribution in [3.05, 3.63) is 29.3 Å². The van der Waals surface area contributed by atoms with E-state index < -0.39 is 0 Å². The second kappa shape index (κ2) is 8.70. The lowest BCUT2D eigenvalue weighted by atomic mass is 10.0. The van der Waals surface area contributed by atoms with E-state index in [1.165, 1.54) is 49.0 Å². The van der Waals surface area contributed by atoms with Crippen LogP contribution in [0.1, 0.15) is 56.2 Å². The van der Waals surface area contributed by atoms with Gasteiger partial charge in [-0.2, -0.15) is 11.8 Å². The van der Waals surface area contributed by atoms with Gasteiger partial charge in [0.25, 0.3) is 0 Å². The van der Waals surface area contributed by atoms with E-state index in [0.29, 0.717) is 6.04 Å². The summed E-state index contributed by atoms with van der Waals surface area (Å²) in [4.78, 5) is 0. The summed E-state index contributed by atoms with van der Waals surface area (Å²) in [5.74, 6) is 2.13. The van der Waals surface area contributed by atoms with E-state index in [4.69, 9.17) is 4.74 Å². The lowest BCUT2D eigenvalue weighted by molar-refractivity contribution is 0.414. The molecule has 0 heterocycles. The number of hydrogen-bond acceptors (Lipinski definition) is 3. The normalized spacial score (nSPS) is 17.1. The first-order valence-electron chi connectivity index (χ1n) is 8.24. The zero-order valence-corrected chi connectivity index (χ0v) is 14.5. The fourth-order valence-corrected chi connectivity index (χ4v) is 4.46. The Kier molecular flexibility index (Phi) is 6.91. The van der Waals surface area contributed by atoms with Gasteiger partial charge in [-0.15, -0.1) is 0 Å². The summed E-state index contributed by atoms with van der Waals surface area (Å²) in [6.07, 6.45) is 6.85. The quantitative estimate of drug-likeness (QED) is 0.751. The largest absolute Gasteiger partial charge is 0.497 e. The number of methoxy groups -OCH3 is 1. The van der Waals surface area contributed by atoms with Gasteiger partial charge in [0.1, 0.15) is 5.75 Å². The number of ether oxygens (including phenoxy) is 1. The summed E-state index contributed by atoms with van der Waals surface area (Å²) in [5, 5.41) is 4.61. The van der Waals surface area contributed by atoms with Crippen LogP contribution in [0.3, 0.4) is 0 Å². The third kappa shape index (κ3) is 4.93. The molecule has 1 unspecified atom stereocenters. The molecule has 0 aliphatic heterocycles. The molecule has 1 aliphatic carbocycles. The lowest BCUT2D eigenvalue weighted by Gasteiger charge is -2.22. The average molecular weight is 308 g/mol. The van der Waals surface area contributed by atoms with Crippen molar-refractivity contribution in [3.63, 3.8) is 0 Å². The van der Waals surface area contributed by atoms with Crippen molar-refractivity contribution < 1.29 is 4.74 Å². The fourth-order valence-electron chi connectivity index (χ4n) is 3.03. The smallest absolute Gasteiger partial charge is 0.119 e. The van der Waals surface area contributed by atoms with Gasteiger partial charge < -0.3 is 10.1 Å². The number of hydrogen-bond donors (Lipinski definition) is 1. The van der Waals surface area contributed by atoms with E-state index in [0.717, 1.165) is 17.5 Å². The SMILES string of the molecule is CCCNC(CSC1CCCC1)c1ccc(OC)cc1C. The van der Waals surface area contributed by atoms with Crippen molar-refractivity contribution >= 4 is 11.8 Å². The van der Waals surface area contributed by atoms with Crippen LogP contribution in [0.15, 0.2) is 18.2 Å². The molecule has 1 aromatic rings. The Morgan fingerprint density at radius 1 is 1.33 bits per heavy atom. The van der Waals surface area contributed by atoms with Crippen LogP contribution in [0.25, 0.3) is 0 Å². The summed E-state index contributed by atoms with van der Waals surface area (Å²) in [7, 11) is 1.73. The molecule has 2 rings (SSSR count). The summed E-state index contributed by atoms with van der Waals surface area (Å²) in [5.41, 5.74) is 2.75. The molecule has 0 radical (unpaired) electrons. The highest BCUT2D eigenvalue weighted by Gasteiger charge is 2.19. The minimum atomic E-state index is 0.460. The first kappa shape index (κ1) is 16.7. The highest BCUT2D eigenvalue weighted by atomic mass is 32.2. The number of rotatable bonds is 8. The molecule has 1 aliphatic rings. The Morgan fingerprint density at radius 3 is 2.71 bits per heavy atom. The first-order valence-corrected chi connectivity index (χ1v) is 9.29. The van der Waals surface area contributed by atoms with Crippen LogP contribution in [0.2, 0.25) is 0 Å². The van der Waals surface area contributed by atoms with Crippen LogP contribution in [0.4, 0.5) is 0 Å². The van der Waals surface area contributed by atoms with Gasteiger partial charge in [-0.3, -0.25) is 0 Å². The van der Waals surface area contributed by atoms with Crippen LogP contribution in [-0.2, 0) is 0 Å². The van der Waals surface area contributed by atoms with E-state index in [1.54, 1.807) is 7.11 Å². The third-order valence-corrected chi connectivity index (χ3v) is 5.76. The van der Waals surface area contributed by atoms with Gasteiger partial charge in [-0.1, -0.05) is 25.8 Å². The summed E-state index contributed by atoms with van der Waals surface area (Å²) >= 11 is 2.16. The van der Waals surface area contributed by atoms with Gasteiger partial charge in [-0.25, -0.2) is 0 Å². The molecule has 118 valence electrons. The molecule has 1 saturated carbocycles. The zero-order chi connectivity index (χ0) is 15.1. The topological polar surface area (TPSA) is 21.3 Å². The van der Waals surface area contributed by atoms with E-state index in [1.807, 2.05) is 0 Å². The van der Waals surface area contributed by atoms with Gasteiger partial charge in [0.2, 0.25) is 0 Å². The van der Waals surface area contributed by atoms with Gasteiger partial charge in [0.15, 0.2) is 0 Å². The molecule has 1 aromatic carbocycles. The Morgan fingerprint density at radius 2 is 2.10 bits per heavy atom. The van der Waals surface area contributed by atoms with Crippen molar-refractivity contribution in [1.82, 2.24) is 5.32 Å². The van der Waals surface area contributed by atoms with Gasteiger partial charge >= 0.3 is 0 Å². The van der Waals surface area contributed by atoms with Gasteiger partial charge in [0.05, 0.1) is 7.11 Å². The lowest BCUT2D eigenvalue weighted by Crippen LogP contribution is -2.25. The highest BCUT2D eigenvalue weighted by Crippen LogP contribution is 2.33. The summed E-state index contributed by atoms with van der Waals surface area (Å²) in [6, 6.07) is 6.93. The van der Waals surface area contributed by atoms with Crippen molar-refractivity contribution in [2.24, 2.45) is 0 Å². The summed E-state index contributed by atoms with van der Waals surface area (Å²) in [6.45, 7) is 5.51. The van der Waals surface area contributed by atoms with E-state index in [9.17, 15) is 0 Å². The molecule has 2 nitrogen and oxygen atoms in total. The Labute approximate surface area is 134 Å². The number of thioether (sulfide) groups is 1. The molecule has 1 N–H and O–H groups in total. The van der Waals surface area contributed by atoms with Crippen LogP contribution in [-0.4, -0.2) is 24.7 Å².